The van der Waals surface area contributed by atoms with Crippen LogP contribution in [0.2, 0.25) is 0 Å². The smallest absolute Gasteiger partial charge is 0.333 e. The summed E-state index contributed by atoms with van der Waals surface area (Å²) >= 11 is 0. The Balaban J connectivity index is 1.45. The first kappa shape index (κ1) is 21.3. The van der Waals surface area contributed by atoms with Crippen LogP contribution in [0.15, 0.2) is 41.5 Å². The minimum Gasteiger partial charge on any atom is -0.425 e. The second-order valence-corrected chi connectivity index (χ2v) is 7.92. The Morgan fingerprint density at radius 2 is 1.85 bits per heavy atom. The number of ether oxygens (including phenoxy) is 2. The lowest BCUT2D eigenvalue weighted by atomic mass is 10.1. The molecule has 1 aliphatic rings. The summed E-state index contributed by atoms with van der Waals surface area (Å²) in [5.74, 6) is 0.455. The quantitative estimate of drug-likeness (QED) is 0.453. The molecule has 0 atom stereocenters. The van der Waals surface area contributed by atoms with Gasteiger partial charge in [-0.3, -0.25) is 9.36 Å². The highest BCUT2D eigenvalue weighted by molar-refractivity contribution is 5.74. The van der Waals surface area contributed by atoms with E-state index in [1.54, 1.807) is 49.1 Å². The Morgan fingerprint density at radius 3 is 2.52 bits per heavy atom. The molecule has 33 heavy (non-hydrogen) atoms. The maximum atomic E-state index is 13.0. The summed E-state index contributed by atoms with van der Waals surface area (Å²) in [5.41, 5.74) is 1.93. The fraction of sp³-hybridized carbons (Fsp3) is 0.364. The van der Waals surface area contributed by atoms with Crippen molar-refractivity contribution in [1.82, 2.24) is 29.1 Å². The van der Waals surface area contributed by atoms with Gasteiger partial charge in [-0.2, -0.15) is 24.0 Å². The number of hydrogen-bond acceptors (Lipinski definition) is 6. The average molecular weight is 456 g/mol. The monoisotopic (exact) mass is 456 g/mol. The van der Waals surface area contributed by atoms with E-state index in [9.17, 15) is 13.6 Å². The van der Waals surface area contributed by atoms with Gasteiger partial charge in [0.1, 0.15) is 11.1 Å². The van der Waals surface area contributed by atoms with Crippen LogP contribution in [0.3, 0.4) is 0 Å². The fourth-order valence-electron chi connectivity index (χ4n) is 4.05. The molecule has 0 amide bonds. The van der Waals surface area contributed by atoms with Crippen LogP contribution < -0.4 is 10.3 Å². The number of benzene rings is 1. The highest BCUT2D eigenvalue weighted by Crippen LogP contribution is 2.29. The molecule has 0 spiro atoms. The molecule has 0 aliphatic carbocycles. The van der Waals surface area contributed by atoms with E-state index in [1.807, 2.05) is 0 Å². The molecule has 0 radical (unpaired) electrons. The maximum absolute atomic E-state index is 13.0. The third-order valence-corrected chi connectivity index (χ3v) is 5.93. The van der Waals surface area contributed by atoms with Crippen LogP contribution >= 0.6 is 0 Å². The number of fused-ring (bicyclic) bond motifs is 1. The zero-order valence-corrected chi connectivity index (χ0v) is 18.1. The molecule has 4 heterocycles. The van der Waals surface area contributed by atoms with Gasteiger partial charge in [0.05, 0.1) is 18.4 Å². The standard InChI is InChI=1S/C22H22F2N6O3/c1-13-17(11-25-29(13)21(23)24)14-3-5-16(6-4-14)33-22-27-19-18(20(31)28(22)2)12-26-30(19)15-7-9-32-10-8-15/h3-6,11-12,15,21H,7-10H2,1-2H3. The topological polar surface area (TPSA) is 89.0 Å². The van der Waals surface area contributed by atoms with Crippen LogP contribution in [0.1, 0.15) is 31.1 Å². The van der Waals surface area contributed by atoms with Gasteiger partial charge >= 0.3 is 12.6 Å². The lowest BCUT2D eigenvalue weighted by molar-refractivity contribution is 0.0545. The minimum atomic E-state index is -2.70. The Kier molecular flexibility index (Phi) is 5.41. The SMILES string of the molecule is Cc1c(-c2ccc(Oc3nc4c(cnn4C4CCOCC4)c(=O)n3C)cc2)cnn1C(F)F. The molecule has 0 bridgehead atoms. The van der Waals surface area contributed by atoms with E-state index in [1.165, 1.54) is 10.8 Å². The van der Waals surface area contributed by atoms with Crippen molar-refractivity contribution in [2.24, 2.45) is 7.05 Å². The number of hydrogen-bond donors (Lipinski definition) is 0. The first-order chi connectivity index (χ1) is 15.9. The van der Waals surface area contributed by atoms with Gasteiger partial charge in [0.15, 0.2) is 5.65 Å². The third-order valence-electron chi connectivity index (χ3n) is 5.93. The summed E-state index contributed by atoms with van der Waals surface area (Å²) in [7, 11) is 1.59. The largest absolute Gasteiger partial charge is 0.425 e. The second-order valence-electron chi connectivity index (χ2n) is 7.92. The number of aromatic nitrogens is 6. The Bertz CT molecular complexity index is 1350. The summed E-state index contributed by atoms with van der Waals surface area (Å²) in [4.78, 5) is 17.5. The summed E-state index contributed by atoms with van der Waals surface area (Å²) in [6, 6.07) is 7.13. The number of alkyl halides is 2. The van der Waals surface area contributed by atoms with Gasteiger partial charge in [0, 0.05) is 31.5 Å². The van der Waals surface area contributed by atoms with Crippen molar-refractivity contribution < 1.29 is 18.3 Å². The molecule has 1 fully saturated rings. The summed E-state index contributed by atoms with van der Waals surface area (Å²) in [6.07, 6.45) is 4.55. The Morgan fingerprint density at radius 1 is 1.12 bits per heavy atom. The van der Waals surface area contributed by atoms with E-state index in [0.717, 1.165) is 18.4 Å². The van der Waals surface area contributed by atoms with Gasteiger partial charge in [-0.05, 0) is 37.5 Å². The number of halogens is 2. The first-order valence-electron chi connectivity index (χ1n) is 10.6. The maximum Gasteiger partial charge on any atom is 0.333 e. The fourth-order valence-corrected chi connectivity index (χ4v) is 4.05. The van der Waals surface area contributed by atoms with Crippen molar-refractivity contribution in [2.75, 3.05) is 13.2 Å². The molecule has 0 saturated carbocycles. The Labute approximate surface area is 187 Å². The van der Waals surface area contributed by atoms with Gasteiger partial charge in [-0.1, -0.05) is 12.1 Å². The zero-order valence-electron chi connectivity index (χ0n) is 18.1. The van der Waals surface area contributed by atoms with Crippen molar-refractivity contribution in [3.8, 4) is 22.9 Å². The molecule has 11 heteroatoms. The summed E-state index contributed by atoms with van der Waals surface area (Å²) in [6.45, 7) is 0.179. The van der Waals surface area contributed by atoms with Gasteiger partial charge in [0.2, 0.25) is 0 Å². The lowest BCUT2D eigenvalue weighted by Crippen LogP contribution is -2.23. The molecule has 3 aromatic heterocycles. The van der Waals surface area contributed by atoms with E-state index < -0.39 is 6.55 Å². The molecule has 1 aromatic carbocycles. The van der Waals surface area contributed by atoms with E-state index in [-0.39, 0.29) is 17.6 Å². The van der Waals surface area contributed by atoms with Gasteiger partial charge < -0.3 is 9.47 Å². The van der Waals surface area contributed by atoms with Crippen LogP contribution in [-0.2, 0) is 11.8 Å². The predicted octanol–water partition coefficient (Wildman–Crippen LogP) is 3.84. The molecular formula is C22H22F2N6O3. The number of rotatable bonds is 5. The van der Waals surface area contributed by atoms with Crippen molar-refractivity contribution >= 4 is 11.0 Å². The summed E-state index contributed by atoms with van der Waals surface area (Å²) < 4.78 is 41.1. The van der Waals surface area contributed by atoms with E-state index in [2.05, 4.69) is 15.2 Å². The van der Waals surface area contributed by atoms with Gasteiger partial charge in [-0.25, -0.2) is 9.36 Å². The molecule has 1 aliphatic heterocycles. The normalized spacial score (nSPS) is 14.9. The molecule has 0 unspecified atom stereocenters. The Hall–Kier alpha value is -3.60. The van der Waals surface area contributed by atoms with Crippen LogP contribution in [0.4, 0.5) is 8.78 Å². The van der Waals surface area contributed by atoms with Crippen molar-refractivity contribution in [3.05, 3.63) is 52.7 Å². The third kappa shape index (κ3) is 3.78. The van der Waals surface area contributed by atoms with E-state index >= 15 is 0 Å². The predicted molar refractivity (Wildman–Crippen MR) is 116 cm³/mol. The highest BCUT2D eigenvalue weighted by atomic mass is 19.3. The molecule has 1 saturated heterocycles. The van der Waals surface area contributed by atoms with E-state index in [4.69, 9.17) is 9.47 Å². The van der Waals surface area contributed by atoms with Gasteiger partial charge in [0.25, 0.3) is 5.56 Å². The summed E-state index contributed by atoms with van der Waals surface area (Å²) in [5, 5.41) is 8.58. The zero-order chi connectivity index (χ0) is 23.1. The first-order valence-corrected chi connectivity index (χ1v) is 10.6. The average Bonchev–Trinajstić information content (AvgIpc) is 3.42. The number of nitrogens with zero attached hydrogens (tertiary/aromatic N) is 6. The molecule has 9 nitrogen and oxygen atoms in total. The van der Waals surface area contributed by atoms with Crippen molar-refractivity contribution in [3.63, 3.8) is 0 Å². The van der Waals surface area contributed by atoms with Crippen molar-refractivity contribution in [2.45, 2.75) is 32.4 Å². The van der Waals surface area contributed by atoms with Crippen LogP contribution in [-0.4, -0.2) is 42.3 Å². The molecular weight excluding hydrogens is 434 g/mol. The van der Waals surface area contributed by atoms with Gasteiger partial charge in [-0.15, -0.1) is 0 Å². The van der Waals surface area contributed by atoms with Crippen LogP contribution in [0.25, 0.3) is 22.2 Å². The second kappa shape index (κ2) is 8.39. The molecule has 0 N–H and O–H groups in total. The molecule has 172 valence electrons. The molecule has 4 aromatic rings. The minimum absolute atomic E-state index is 0.111. The van der Waals surface area contributed by atoms with Crippen molar-refractivity contribution in [1.29, 1.82) is 0 Å². The van der Waals surface area contributed by atoms with Crippen LogP contribution in [0, 0.1) is 6.92 Å². The van der Waals surface area contributed by atoms with Crippen LogP contribution in [0.5, 0.6) is 11.8 Å². The lowest BCUT2D eigenvalue weighted by Gasteiger charge is -2.22. The molecule has 5 rings (SSSR count). The van der Waals surface area contributed by atoms with E-state index in [0.29, 0.717) is 45.9 Å². The highest BCUT2D eigenvalue weighted by Gasteiger charge is 2.22.